The van der Waals surface area contributed by atoms with Crippen molar-refractivity contribution in [2.24, 2.45) is 5.92 Å². The Balaban J connectivity index is 1.21. The second-order valence-corrected chi connectivity index (χ2v) is 10.5. The summed E-state index contributed by atoms with van der Waals surface area (Å²) in [6.07, 6.45) is 4.43. The Morgan fingerprint density at radius 1 is 1.00 bits per heavy atom. The maximum Gasteiger partial charge on any atom is 0.256 e. The highest BCUT2D eigenvalue weighted by molar-refractivity contribution is 7.99. The Bertz CT molecular complexity index is 985. The zero-order valence-electron chi connectivity index (χ0n) is 18.8. The predicted molar refractivity (Wildman–Crippen MR) is 128 cm³/mol. The molecule has 0 radical (unpaired) electrons. The van der Waals surface area contributed by atoms with Crippen molar-refractivity contribution in [1.29, 1.82) is 0 Å². The fraction of sp³-hybridized carbons (Fsp3) is 0.500. The van der Waals surface area contributed by atoms with E-state index in [1.165, 1.54) is 11.1 Å². The van der Waals surface area contributed by atoms with Crippen LogP contribution in [0.2, 0.25) is 0 Å². The van der Waals surface area contributed by atoms with E-state index in [4.69, 9.17) is 4.98 Å². The standard InChI is InChI=1S/C26H31N3O2S/c1-18-6-7-23(26(31)29-12-13-32-17-29)25(27-18)20-8-10-28(11-9-20)24(30)16-19-14-21-4-2-3-5-22(21)15-19/h2-7,19-20H,8-17H2,1H3. The molecule has 5 nitrogen and oxygen atoms in total. The number of rotatable bonds is 4. The van der Waals surface area contributed by atoms with Crippen molar-refractivity contribution in [3.8, 4) is 0 Å². The van der Waals surface area contributed by atoms with Crippen LogP contribution < -0.4 is 0 Å². The molecule has 2 amide bonds. The third-order valence-electron chi connectivity index (χ3n) is 7.17. The van der Waals surface area contributed by atoms with Crippen molar-refractivity contribution < 1.29 is 9.59 Å². The van der Waals surface area contributed by atoms with Crippen LogP contribution in [-0.4, -0.2) is 57.9 Å². The normalized spacial score (nSPS) is 19.4. The molecule has 1 aromatic carbocycles. The van der Waals surface area contributed by atoms with E-state index in [0.717, 1.165) is 73.9 Å². The number of aryl methyl sites for hydroxylation is 1. The lowest BCUT2D eigenvalue weighted by atomic mass is 9.89. The summed E-state index contributed by atoms with van der Waals surface area (Å²) in [5.41, 5.74) is 5.45. The van der Waals surface area contributed by atoms with Crippen LogP contribution in [0.5, 0.6) is 0 Å². The summed E-state index contributed by atoms with van der Waals surface area (Å²) < 4.78 is 0. The molecule has 1 aromatic heterocycles. The molecule has 0 bridgehead atoms. The minimum Gasteiger partial charge on any atom is -0.343 e. The topological polar surface area (TPSA) is 53.5 Å². The summed E-state index contributed by atoms with van der Waals surface area (Å²) in [6.45, 7) is 4.31. The Morgan fingerprint density at radius 2 is 1.72 bits per heavy atom. The minimum atomic E-state index is 0.108. The highest BCUT2D eigenvalue weighted by atomic mass is 32.2. The first-order valence-electron chi connectivity index (χ1n) is 11.8. The first-order chi connectivity index (χ1) is 15.6. The van der Waals surface area contributed by atoms with E-state index in [9.17, 15) is 9.59 Å². The smallest absolute Gasteiger partial charge is 0.256 e. The minimum absolute atomic E-state index is 0.108. The van der Waals surface area contributed by atoms with Crippen molar-refractivity contribution in [2.45, 2.75) is 44.9 Å². The molecule has 2 aliphatic heterocycles. The molecule has 3 heterocycles. The van der Waals surface area contributed by atoms with Gasteiger partial charge in [-0.25, -0.2) is 0 Å². The van der Waals surface area contributed by atoms with Crippen LogP contribution in [0.25, 0.3) is 0 Å². The predicted octanol–water partition coefficient (Wildman–Crippen LogP) is 4.05. The number of carbonyl (C=O) groups excluding carboxylic acids is 2. The molecule has 2 aromatic rings. The van der Waals surface area contributed by atoms with E-state index in [1.54, 1.807) is 11.8 Å². The van der Waals surface area contributed by atoms with Crippen LogP contribution in [-0.2, 0) is 17.6 Å². The van der Waals surface area contributed by atoms with Crippen LogP contribution in [0.15, 0.2) is 36.4 Å². The number of pyridine rings is 1. The molecule has 0 unspecified atom stereocenters. The molecule has 2 saturated heterocycles. The molecule has 0 atom stereocenters. The first kappa shape index (κ1) is 21.5. The van der Waals surface area contributed by atoms with Crippen LogP contribution in [0.4, 0.5) is 0 Å². The van der Waals surface area contributed by atoms with Gasteiger partial charge in [-0.05, 0) is 61.8 Å². The number of hydrogen-bond donors (Lipinski definition) is 0. The number of amides is 2. The van der Waals surface area contributed by atoms with Gasteiger partial charge in [0.05, 0.1) is 17.1 Å². The third kappa shape index (κ3) is 4.42. The van der Waals surface area contributed by atoms with Gasteiger partial charge in [-0.15, -0.1) is 11.8 Å². The lowest BCUT2D eigenvalue weighted by Crippen LogP contribution is -2.39. The maximum atomic E-state index is 13.1. The molecular formula is C26H31N3O2S. The number of nitrogens with zero attached hydrogens (tertiary/aromatic N) is 3. The Morgan fingerprint density at radius 3 is 2.38 bits per heavy atom. The maximum absolute atomic E-state index is 13.1. The van der Waals surface area contributed by atoms with E-state index in [-0.39, 0.29) is 17.7 Å². The van der Waals surface area contributed by atoms with Crippen molar-refractivity contribution in [3.05, 3.63) is 64.5 Å². The number of hydrogen-bond acceptors (Lipinski definition) is 4. The number of fused-ring (bicyclic) bond motifs is 1. The Labute approximate surface area is 194 Å². The number of carbonyl (C=O) groups is 2. The fourth-order valence-electron chi connectivity index (χ4n) is 5.39. The molecule has 168 valence electrons. The average molecular weight is 450 g/mol. The Kier molecular flexibility index (Phi) is 6.22. The van der Waals surface area contributed by atoms with Crippen molar-refractivity contribution in [1.82, 2.24) is 14.8 Å². The number of benzene rings is 1. The van der Waals surface area contributed by atoms with Crippen LogP contribution in [0.3, 0.4) is 0 Å². The van der Waals surface area contributed by atoms with Gasteiger partial charge in [0.2, 0.25) is 5.91 Å². The summed E-state index contributed by atoms with van der Waals surface area (Å²) in [6, 6.07) is 12.5. The SMILES string of the molecule is Cc1ccc(C(=O)N2CCSC2)c(C2CCN(C(=O)CC3Cc4ccccc4C3)CC2)n1. The fourth-order valence-corrected chi connectivity index (χ4v) is 6.33. The molecule has 0 saturated carbocycles. The summed E-state index contributed by atoms with van der Waals surface area (Å²) in [7, 11) is 0. The highest BCUT2D eigenvalue weighted by Gasteiger charge is 2.31. The van der Waals surface area contributed by atoms with E-state index < -0.39 is 0 Å². The molecule has 6 heteroatoms. The quantitative estimate of drug-likeness (QED) is 0.707. The number of likely N-dealkylation sites (tertiary alicyclic amines) is 1. The number of thioether (sulfide) groups is 1. The van der Waals surface area contributed by atoms with Crippen LogP contribution >= 0.6 is 11.8 Å². The zero-order chi connectivity index (χ0) is 22.1. The lowest BCUT2D eigenvalue weighted by Gasteiger charge is -2.33. The molecule has 0 N–H and O–H groups in total. The summed E-state index contributed by atoms with van der Waals surface area (Å²) in [5, 5.41) is 0. The van der Waals surface area contributed by atoms with E-state index in [2.05, 4.69) is 24.3 Å². The molecule has 2 fully saturated rings. The number of aromatic nitrogens is 1. The first-order valence-corrected chi connectivity index (χ1v) is 12.9. The second kappa shape index (κ2) is 9.26. The van der Waals surface area contributed by atoms with Gasteiger partial charge in [0.15, 0.2) is 0 Å². The van der Waals surface area contributed by atoms with Crippen LogP contribution in [0.1, 0.15) is 58.1 Å². The van der Waals surface area contributed by atoms with Gasteiger partial charge in [0, 0.05) is 43.4 Å². The lowest BCUT2D eigenvalue weighted by molar-refractivity contribution is -0.133. The van der Waals surface area contributed by atoms with Gasteiger partial charge in [-0.3, -0.25) is 14.6 Å². The van der Waals surface area contributed by atoms with Gasteiger partial charge < -0.3 is 9.80 Å². The highest BCUT2D eigenvalue weighted by Crippen LogP contribution is 2.33. The summed E-state index contributed by atoms with van der Waals surface area (Å²) >= 11 is 1.80. The van der Waals surface area contributed by atoms with Crippen molar-refractivity contribution in [3.63, 3.8) is 0 Å². The molecule has 5 rings (SSSR count). The monoisotopic (exact) mass is 449 g/mol. The summed E-state index contributed by atoms with van der Waals surface area (Å²) in [4.78, 5) is 34.9. The molecule has 3 aliphatic rings. The van der Waals surface area contributed by atoms with E-state index >= 15 is 0 Å². The molecular weight excluding hydrogens is 418 g/mol. The van der Waals surface area contributed by atoms with Crippen molar-refractivity contribution in [2.75, 3.05) is 31.3 Å². The van der Waals surface area contributed by atoms with Crippen LogP contribution in [0, 0.1) is 12.8 Å². The van der Waals surface area contributed by atoms with E-state index in [1.807, 2.05) is 28.9 Å². The molecule has 0 spiro atoms. The van der Waals surface area contributed by atoms with Gasteiger partial charge in [0.25, 0.3) is 5.91 Å². The van der Waals surface area contributed by atoms with E-state index in [0.29, 0.717) is 12.3 Å². The van der Waals surface area contributed by atoms with Gasteiger partial charge in [-0.2, -0.15) is 0 Å². The van der Waals surface area contributed by atoms with Crippen molar-refractivity contribution >= 4 is 23.6 Å². The molecule has 1 aliphatic carbocycles. The Hall–Kier alpha value is -2.34. The third-order valence-corrected chi connectivity index (χ3v) is 8.13. The number of piperidine rings is 1. The second-order valence-electron chi connectivity index (χ2n) is 9.39. The summed E-state index contributed by atoms with van der Waals surface area (Å²) in [5.74, 6) is 2.83. The van der Waals surface area contributed by atoms with Gasteiger partial charge >= 0.3 is 0 Å². The zero-order valence-corrected chi connectivity index (χ0v) is 19.6. The van der Waals surface area contributed by atoms with Gasteiger partial charge in [0.1, 0.15) is 0 Å². The molecule has 32 heavy (non-hydrogen) atoms. The van der Waals surface area contributed by atoms with Gasteiger partial charge in [-0.1, -0.05) is 24.3 Å². The largest absolute Gasteiger partial charge is 0.343 e. The average Bonchev–Trinajstić information content (AvgIpc) is 3.48.